The molecule has 2 aromatic carbocycles. The summed E-state index contributed by atoms with van der Waals surface area (Å²) in [5.74, 6) is 0.713. The van der Waals surface area contributed by atoms with Crippen molar-refractivity contribution in [2.45, 2.75) is 38.2 Å². The Kier molecular flexibility index (Phi) is 5.09. The summed E-state index contributed by atoms with van der Waals surface area (Å²) in [4.78, 5) is 38.2. The Bertz CT molecular complexity index is 944. The predicted molar refractivity (Wildman–Crippen MR) is 109 cm³/mol. The number of anilines is 1. The van der Waals surface area contributed by atoms with E-state index in [9.17, 15) is 14.4 Å². The number of piperidine rings is 1. The van der Waals surface area contributed by atoms with Crippen molar-refractivity contribution < 1.29 is 19.1 Å². The highest BCUT2D eigenvalue weighted by Gasteiger charge is 2.43. The maximum atomic E-state index is 12.7. The molecule has 0 unspecified atom stereocenters. The van der Waals surface area contributed by atoms with Gasteiger partial charge in [0.2, 0.25) is 11.8 Å². The van der Waals surface area contributed by atoms with Crippen LogP contribution >= 0.6 is 0 Å². The number of para-hydroxylation sites is 1. The average Bonchev–Trinajstić information content (AvgIpc) is 2.69. The summed E-state index contributed by atoms with van der Waals surface area (Å²) in [7, 11) is 0. The maximum absolute atomic E-state index is 12.7. The normalized spacial score (nSPS) is 17.4. The molecule has 1 spiro atoms. The summed E-state index contributed by atoms with van der Waals surface area (Å²) in [5.41, 5.74) is 1.78. The van der Waals surface area contributed by atoms with Crippen molar-refractivity contribution >= 4 is 23.3 Å². The van der Waals surface area contributed by atoms with E-state index in [2.05, 4.69) is 5.32 Å². The number of rotatable bonds is 3. The molecule has 4 rings (SSSR count). The number of amides is 2. The van der Waals surface area contributed by atoms with Crippen LogP contribution in [-0.2, 0) is 16.0 Å². The summed E-state index contributed by atoms with van der Waals surface area (Å²) >= 11 is 0. The van der Waals surface area contributed by atoms with Gasteiger partial charge in [0.25, 0.3) is 0 Å². The number of likely N-dealkylation sites (tertiary alicyclic amines) is 1. The SMILES string of the molecule is CC(=O)Nc1ccc(CC(=O)N2CCC3(CC2)CC(=O)c2ccccc2O3)cc1. The first-order chi connectivity index (χ1) is 13.9. The number of nitrogens with zero attached hydrogens (tertiary/aromatic N) is 1. The molecule has 2 heterocycles. The number of Topliss-reactive ketones (excluding diaryl/α,β-unsaturated/α-hetero) is 1. The van der Waals surface area contributed by atoms with Crippen molar-refractivity contribution in [1.82, 2.24) is 4.90 Å². The molecule has 2 aliphatic heterocycles. The van der Waals surface area contributed by atoms with Gasteiger partial charge in [-0.1, -0.05) is 24.3 Å². The van der Waals surface area contributed by atoms with Gasteiger partial charge in [-0.2, -0.15) is 0 Å². The fourth-order valence-electron chi connectivity index (χ4n) is 4.08. The first kappa shape index (κ1) is 19.2. The second-order valence-electron chi connectivity index (χ2n) is 7.82. The van der Waals surface area contributed by atoms with E-state index in [1.54, 1.807) is 18.2 Å². The van der Waals surface area contributed by atoms with Gasteiger partial charge in [0.1, 0.15) is 11.4 Å². The van der Waals surface area contributed by atoms with Crippen LogP contribution in [0.4, 0.5) is 5.69 Å². The van der Waals surface area contributed by atoms with Crippen LogP contribution in [0.25, 0.3) is 0 Å². The smallest absolute Gasteiger partial charge is 0.226 e. The molecule has 150 valence electrons. The first-order valence-electron chi connectivity index (χ1n) is 9.90. The molecule has 0 aliphatic carbocycles. The van der Waals surface area contributed by atoms with Crippen molar-refractivity contribution in [2.75, 3.05) is 18.4 Å². The molecule has 6 nitrogen and oxygen atoms in total. The Labute approximate surface area is 169 Å². The van der Waals surface area contributed by atoms with E-state index in [0.29, 0.717) is 55.8 Å². The van der Waals surface area contributed by atoms with E-state index in [-0.39, 0.29) is 17.6 Å². The van der Waals surface area contributed by atoms with E-state index >= 15 is 0 Å². The van der Waals surface area contributed by atoms with Gasteiger partial charge in [0.05, 0.1) is 18.4 Å². The summed E-state index contributed by atoms with van der Waals surface area (Å²) in [5, 5.41) is 2.72. The number of ether oxygens (including phenoxy) is 1. The van der Waals surface area contributed by atoms with Gasteiger partial charge in [-0.25, -0.2) is 0 Å². The first-order valence-corrected chi connectivity index (χ1v) is 9.90. The zero-order valence-electron chi connectivity index (χ0n) is 16.4. The predicted octanol–water partition coefficient (Wildman–Crippen LogP) is 3.21. The van der Waals surface area contributed by atoms with Gasteiger partial charge >= 0.3 is 0 Å². The molecule has 0 aromatic heterocycles. The Morgan fingerprint density at radius 1 is 1.07 bits per heavy atom. The van der Waals surface area contributed by atoms with Gasteiger partial charge in [-0.15, -0.1) is 0 Å². The zero-order valence-corrected chi connectivity index (χ0v) is 16.4. The number of hydrogen-bond donors (Lipinski definition) is 1. The van der Waals surface area contributed by atoms with Crippen LogP contribution in [0.1, 0.15) is 42.1 Å². The minimum Gasteiger partial charge on any atom is -0.486 e. The van der Waals surface area contributed by atoms with Crippen molar-refractivity contribution in [3.63, 3.8) is 0 Å². The lowest BCUT2D eigenvalue weighted by atomic mass is 9.82. The second kappa shape index (κ2) is 7.70. The summed E-state index contributed by atoms with van der Waals surface area (Å²) in [6.45, 7) is 2.62. The molecule has 0 bridgehead atoms. The number of carbonyl (C=O) groups excluding carboxylic acids is 3. The number of ketones is 1. The third-order valence-electron chi connectivity index (χ3n) is 5.65. The number of carbonyl (C=O) groups is 3. The number of fused-ring (bicyclic) bond motifs is 1. The summed E-state index contributed by atoms with van der Waals surface area (Å²) in [6.07, 6.45) is 1.99. The van der Waals surface area contributed by atoms with Crippen LogP contribution in [0.5, 0.6) is 5.75 Å². The van der Waals surface area contributed by atoms with Crippen LogP contribution in [0.15, 0.2) is 48.5 Å². The second-order valence-corrected chi connectivity index (χ2v) is 7.82. The maximum Gasteiger partial charge on any atom is 0.226 e. The minimum absolute atomic E-state index is 0.0645. The third kappa shape index (κ3) is 4.16. The summed E-state index contributed by atoms with van der Waals surface area (Å²) < 4.78 is 6.23. The van der Waals surface area contributed by atoms with Crippen molar-refractivity contribution in [2.24, 2.45) is 0 Å². The molecule has 1 N–H and O–H groups in total. The van der Waals surface area contributed by atoms with Gasteiger partial charge in [0.15, 0.2) is 5.78 Å². The number of nitrogens with one attached hydrogen (secondary N) is 1. The molecule has 29 heavy (non-hydrogen) atoms. The number of benzene rings is 2. The molecule has 0 radical (unpaired) electrons. The molecular weight excluding hydrogens is 368 g/mol. The molecule has 1 saturated heterocycles. The van der Waals surface area contributed by atoms with Crippen molar-refractivity contribution in [3.8, 4) is 5.75 Å². The molecule has 0 saturated carbocycles. The van der Waals surface area contributed by atoms with Gasteiger partial charge in [-0.3, -0.25) is 14.4 Å². The number of hydrogen-bond acceptors (Lipinski definition) is 4. The van der Waals surface area contributed by atoms with E-state index in [1.807, 2.05) is 35.2 Å². The highest BCUT2D eigenvalue weighted by atomic mass is 16.5. The van der Waals surface area contributed by atoms with Crippen LogP contribution in [-0.4, -0.2) is 41.2 Å². The quantitative estimate of drug-likeness (QED) is 0.870. The lowest BCUT2D eigenvalue weighted by molar-refractivity contribution is -0.134. The standard InChI is InChI=1S/C23H24N2O4/c1-16(26)24-18-8-6-17(7-9-18)14-22(28)25-12-10-23(11-13-25)15-20(27)19-4-2-3-5-21(19)29-23/h2-9H,10-15H2,1H3,(H,24,26). The van der Waals surface area contributed by atoms with E-state index < -0.39 is 5.60 Å². The van der Waals surface area contributed by atoms with Crippen LogP contribution < -0.4 is 10.1 Å². The van der Waals surface area contributed by atoms with Crippen LogP contribution in [0, 0.1) is 0 Å². The van der Waals surface area contributed by atoms with Crippen LogP contribution in [0.2, 0.25) is 0 Å². The Balaban J connectivity index is 1.35. The lowest BCUT2D eigenvalue weighted by Gasteiger charge is -2.44. The molecule has 2 aromatic rings. The Morgan fingerprint density at radius 2 is 1.76 bits per heavy atom. The minimum atomic E-state index is -0.498. The summed E-state index contributed by atoms with van der Waals surface area (Å²) in [6, 6.07) is 14.7. The van der Waals surface area contributed by atoms with Gasteiger partial charge in [-0.05, 0) is 29.8 Å². The van der Waals surface area contributed by atoms with Crippen molar-refractivity contribution in [3.05, 3.63) is 59.7 Å². The zero-order chi connectivity index (χ0) is 20.4. The van der Waals surface area contributed by atoms with E-state index in [1.165, 1.54) is 6.92 Å². The molecule has 1 fully saturated rings. The largest absolute Gasteiger partial charge is 0.486 e. The highest BCUT2D eigenvalue weighted by molar-refractivity contribution is 6.00. The third-order valence-corrected chi connectivity index (χ3v) is 5.65. The molecule has 0 atom stereocenters. The molecule has 2 aliphatic rings. The van der Waals surface area contributed by atoms with Crippen molar-refractivity contribution in [1.29, 1.82) is 0 Å². The molecular formula is C23H24N2O4. The Morgan fingerprint density at radius 3 is 2.45 bits per heavy atom. The average molecular weight is 392 g/mol. The monoisotopic (exact) mass is 392 g/mol. The van der Waals surface area contributed by atoms with Gasteiger partial charge < -0.3 is 15.0 Å². The lowest BCUT2D eigenvalue weighted by Crippen LogP contribution is -2.52. The van der Waals surface area contributed by atoms with Crippen LogP contribution in [0.3, 0.4) is 0 Å². The Hall–Kier alpha value is -3.15. The fraction of sp³-hybridized carbons (Fsp3) is 0.348. The van der Waals surface area contributed by atoms with E-state index in [4.69, 9.17) is 4.74 Å². The molecule has 6 heteroatoms. The molecule has 2 amide bonds. The van der Waals surface area contributed by atoms with Gasteiger partial charge in [0, 0.05) is 38.5 Å². The fourth-order valence-corrected chi connectivity index (χ4v) is 4.08. The highest BCUT2D eigenvalue weighted by Crippen LogP contribution is 2.39. The van der Waals surface area contributed by atoms with E-state index in [0.717, 1.165) is 5.56 Å². The topological polar surface area (TPSA) is 75.7 Å².